The van der Waals surface area contributed by atoms with Gasteiger partial charge in [0.15, 0.2) is 5.82 Å². The van der Waals surface area contributed by atoms with Gasteiger partial charge in [-0.2, -0.15) is 0 Å². The molecule has 0 atom stereocenters. The van der Waals surface area contributed by atoms with Gasteiger partial charge < -0.3 is 18.9 Å². The van der Waals surface area contributed by atoms with E-state index < -0.39 is 11.5 Å². The number of aromatic amines is 1. The summed E-state index contributed by atoms with van der Waals surface area (Å²) in [5.41, 5.74) is 0.782. The number of halogens is 2. The average Bonchev–Trinajstić information content (AvgIpc) is 3.39. The summed E-state index contributed by atoms with van der Waals surface area (Å²) in [6, 6.07) is 9.32. The Labute approximate surface area is 196 Å². The van der Waals surface area contributed by atoms with Gasteiger partial charge in [-0.25, -0.2) is 14.2 Å². The van der Waals surface area contributed by atoms with Crippen LogP contribution in [0.2, 0.25) is 0 Å². The SMILES string of the molecule is COCCOC(=O)c1sc2nc(/C(Cl)=C/c3ccc(-c4ccc(F)cc4)o3)[nH]c(=O)c2c1C. The van der Waals surface area contributed by atoms with E-state index in [1.807, 2.05) is 0 Å². The number of H-pyrrole nitrogens is 1. The number of aromatic nitrogens is 2. The molecule has 0 saturated carbocycles. The molecule has 1 aromatic carbocycles. The predicted molar refractivity (Wildman–Crippen MR) is 125 cm³/mol. The molecule has 33 heavy (non-hydrogen) atoms. The van der Waals surface area contributed by atoms with E-state index in [2.05, 4.69) is 9.97 Å². The summed E-state index contributed by atoms with van der Waals surface area (Å²) in [5.74, 6) is 0.211. The molecule has 0 radical (unpaired) electrons. The molecule has 0 unspecified atom stereocenters. The number of furan rings is 1. The van der Waals surface area contributed by atoms with Crippen molar-refractivity contribution in [3.8, 4) is 11.3 Å². The summed E-state index contributed by atoms with van der Waals surface area (Å²) in [5, 5.41) is 0.452. The molecular weight excluding hydrogens is 471 g/mol. The smallest absolute Gasteiger partial charge is 0.348 e. The summed E-state index contributed by atoms with van der Waals surface area (Å²) in [6.07, 6.45) is 1.51. The van der Waals surface area contributed by atoms with Crippen molar-refractivity contribution in [3.63, 3.8) is 0 Å². The van der Waals surface area contributed by atoms with Crippen LogP contribution >= 0.6 is 22.9 Å². The Bertz CT molecular complexity index is 1400. The molecule has 4 aromatic rings. The van der Waals surface area contributed by atoms with Crippen LogP contribution in [-0.4, -0.2) is 36.3 Å². The molecule has 1 N–H and O–H groups in total. The number of aryl methyl sites for hydroxylation is 1. The lowest BCUT2D eigenvalue weighted by atomic mass is 10.2. The summed E-state index contributed by atoms with van der Waals surface area (Å²) >= 11 is 7.46. The molecule has 7 nitrogen and oxygen atoms in total. The molecule has 0 aliphatic carbocycles. The van der Waals surface area contributed by atoms with Crippen molar-refractivity contribution in [2.45, 2.75) is 6.92 Å². The molecule has 0 saturated heterocycles. The lowest BCUT2D eigenvalue weighted by Crippen LogP contribution is -2.11. The van der Waals surface area contributed by atoms with Crippen LogP contribution in [0.25, 0.3) is 32.6 Å². The van der Waals surface area contributed by atoms with Gasteiger partial charge in [0.2, 0.25) is 0 Å². The van der Waals surface area contributed by atoms with Gasteiger partial charge in [0.1, 0.15) is 33.7 Å². The fourth-order valence-electron chi connectivity index (χ4n) is 3.13. The minimum Gasteiger partial charge on any atom is -0.459 e. The molecular formula is C23H18ClFN2O5S. The van der Waals surface area contributed by atoms with E-state index in [1.54, 1.807) is 31.2 Å². The second-order valence-corrected chi connectivity index (χ2v) is 8.39. The number of ether oxygens (including phenoxy) is 2. The van der Waals surface area contributed by atoms with E-state index in [-0.39, 0.29) is 29.9 Å². The number of benzene rings is 1. The third-order valence-corrected chi connectivity index (χ3v) is 6.21. The minimum absolute atomic E-state index is 0.107. The van der Waals surface area contributed by atoms with E-state index >= 15 is 0 Å². The lowest BCUT2D eigenvalue weighted by molar-refractivity contribution is 0.0393. The molecule has 3 aromatic heterocycles. The highest BCUT2D eigenvalue weighted by atomic mass is 35.5. The largest absolute Gasteiger partial charge is 0.459 e. The normalized spacial score (nSPS) is 11.8. The fourth-order valence-corrected chi connectivity index (χ4v) is 4.40. The highest BCUT2D eigenvalue weighted by Crippen LogP contribution is 2.30. The van der Waals surface area contributed by atoms with Crippen LogP contribution in [0, 0.1) is 12.7 Å². The van der Waals surface area contributed by atoms with Crippen molar-refractivity contribution in [1.29, 1.82) is 0 Å². The van der Waals surface area contributed by atoms with Gasteiger partial charge in [-0.3, -0.25) is 4.79 Å². The monoisotopic (exact) mass is 488 g/mol. The first-order valence-corrected chi connectivity index (χ1v) is 11.0. The highest BCUT2D eigenvalue weighted by molar-refractivity contribution is 7.20. The Balaban J connectivity index is 1.63. The number of carbonyl (C=O) groups is 1. The number of nitrogens with one attached hydrogen (secondary N) is 1. The van der Waals surface area contributed by atoms with Crippen LogP contribution in [0.15, 0.2) is 45.6 Å². The lowest BCUT2D eigenvalue weighted by Gasteiger charge is -2.02. The average molecular weight is 489 g/mol. The molecule has 0 aliphatic heterocycles. The van der Waals surface area contributed by atoms with E-state index in [4.69, 9.17) is 25.5 Å². The van der Waals surface area contributed by atoms with Crippen LogP contribution in [0.5, 0.6) is 0 Å². The number of hydrogen-bond donors (Lipinski definition) is 1. The third kappa shape index (κ3) is 4.90. The first kappa shape index (κ1) is 22.9. The van der Waals surface area contributed by atoms with Gasteiger partial charge >= 0.3 is 5.97 Å². The number of rotatable bonds is 7. The summed E-state index contributed by atoms with van der Waals surface area (Å²) in [7, 11) is 1.51. The predicted octanol–water partition coefficient (Wildman–Crippen LogP) is 5.23. The van der Waals surface area contributed by atoms with E-state index in [1.165, 1.54) is 25.3 Å². The minimum atomic E-state index is -0.543. The number of fused-ring (bicyclic) bond motifs is 1. The van der Waals surface area contributed by atoms with Crippen LogP contribution in [0.1, 0.15) is 26.8 Å². The molecule has 0 bridgehead atoms. The Morgan fingerprint density at radius 3 is 2.73 bits per heavy atom. The number of esters is 1. The molecule has 0 spiro atoms. The van der Waals surface area contributed by atoms with Crippen LogP contribution in [-0.2, 0) is 9.47 Å². The molecule has 0 amide bonds. The van der Waals surface area contributed by atoms with E-state index in [0.29, 0.717) is 37.7 Å². The van der Waals surface area contributed by atoms with Gasteiger partial charge in [-0.15, -0.1) is 11.3 Å². The molecule has 4 rings (SSSR count). The number of thiophene rings is 1. The number of carbonyl (C=O) groups excluding carboxylic acids is 1. The van der Waals surface area contributed by atoms with Crippen LogP contribution in [0.4, 0.5) is 4.39 Å². The first-order valence-electron chi connectivity index (χ1n) is 9.80. The van der Waals surface area contributed by atoms with E-state index in [0.717, 1.165) is 11.3 Å². The maximum absolute atomic E-state index is 13.1. The van der Waals surface area contributed by atoms with Crippen molar-refractivity contribution in [2.24, 2.45) is 0 Å². The maximum atomic E-state index is 13.1. The second-order valence-electron chi connectivity index (χ2n) is 6.98. The number of nitrogens with zero attached hydrogens (tertiary/aromatic N) is 1. The van der Waals surface area contributed by atoms with Gasteiger partial charge in [0.05, 0.1) is 17.0 Å². The van der Waals surface area contributed by atoms with E-state index in [9.17, 15) is 14.0 Å². The van der Waals surface area contributed by atoms with Gasteiger partial charge in [-0.05, 0) is 48.9 Å². The quantitative estimate of drug-likeness (QED) is 0.282. The molecule has 170 valence electrons. The summed E-state index contributed by atoms with van der Waals surface area (Å²) in [6.45, 7) is 2.05. The maximum Gasteiger partial charge on any atom is 0.348 e. The molecule has 0 fully saturated rings. The number of methoxy groups -OCH3 is 1. The summed E-state index contributed by atoms with van der Waals surface area (Å²) < 4.78 is 28.9. The van der Waals surface area contributed by atoms with Gasteiger partial charge in [0.25, 0.3) is 5.56 Å². The Kier molecular flexibility index (Phi) is 6.73. The Hall–Kier alpha value is -3.27. The van der Waals surface area contributed by atoms with Crippen molar-refractivity contribution in [3.05, 3.63) is 74.6 Å². The van der Waals surface area contributed by atoms with Crippen LogP contribution in [0.3, 0.4) is 0 Å². The zero-order valence-corrected chi connectivity index (χ0v) is 19.2. The third-order valence-electron chi connectivity index (χ3n) is 4.76. The number of hydrogen-bond acceptors (Lipinski definition) is 7. The Morgan fingerprint density at radius 1 is 1.24 bits per heavy atom. The van der Waals surface area contributed by atoms with Crippen molar-refractivity contribution in [2.75, 3.05) is 20.3 Å². The highest BCUT2D eigenvalue weighted by Gasteiger charge is 2.21. The topological polar surface area (TPSA) is 94.4 Å². The summed E-state index contributed by atoms with van der Waals surface area (Å²) in [4.78, 5) is 32.8. The van der Waals surface area contributed by atoms with Crippen molar-refractivity contribution >= 4 is 50.2 Å². The van der Waals surface area contributed by atoms with Gasteiger partial charge in [0, 0.05) is 18.7 Å². The second kappa shape index (κ2) is 9.70. The van der Waals surface area contributed by atoms with Crippen LogP contribution < -0.4 is 5.56 Å². The Morgan fingerprint density at radius 2 is 2.00 bits per heavy atom. The molecule has 0 aliphatic rings. The zero-order chi connectivity index (χ0) is 23.5. The van der Waals surface area contributed by atoms with Crippen molar-refractivity contribution < 1.29 is 23.1 Å². The molecule has 3 heterocycles. The van der Waals surface area contributed by atoms with Crippen molar-refractivity contribution in [1.82, 2.24) is 9.97 Å². The standard InChI is InChI=1S/C23H18ClFN2O5S/c1-12-18-21(28)26-20(27-22(18)33-19(12)23(29)31-10-9-30-2)16(24)11-15-7-8-17(32-15)13-3-5-14(25)6-4-13/h3-8,11H,9-10H2,1-2H3,(H,26,27,28)/b16-11-. The van der Waals surface area contributed by atoms with Gasteiger partial charge in [-0.1, -0.05) is 11.6 Å². The fraction of sp³-hybridized carbons (Fsp3) is 0.174. The first-order chi connectivity index (χ1) is 15.9. The molecule has 10 heteroatoms. The zero-order valence-electron chi connectivity index (χ0n) is 17.6.